The molecule has 2 aromatic rings. The van der Waals surface area contributed by atoms with Gasteiger partial charge in [0.05, 0.1) is 18.4 Å². The largest absolute Gasteiger partial charge is 0.462 e. The van der Waals surface area contributed by atoms with Crippen molar-refractivity contribution < 1.29 is 13.9 Å². The number of aromatic nitrogens is 2. The van der Waals surface area contributed by atoms with Gasteiger partial charge in [-0.05, 0) is 30.7 Å². The summed E-state index contributed by atoms with van der Waals surface area (Å²) < 4.78 is 18.4. The van der Waals surface area contributed by atoms with Crippen LogP contribution in [0.4, 0.5) is 4.39 Å². The van der Waals surface area contributed by atoms with Gasteiger partial charge in [0, 0.05) is 5.56 Å². The zero-order valence-electron chi connectivity index (χ0n) is 10.1. The minimum atomic E-state index is -0.576. The number of carbonyl (C=O) groups excluding carboxylic acids is 1. The Bertz CT molecular complexity index is 602. The van der Waals surface area contributed by atoms with Crippen LogP contribution in [0.25, 0.3) is 11.3 Å². The molecule has 0 N–H and O–H groups in total. The lowest BCUT2D eigenvalue weighted by Crippen LogP contribution is -2.04. The average Bonchev–Trinajstić information content (AvgIpc) is 2.42. The molecule has 4 nitrogen and oxygen atoms in total. The van der Waals surface area contributed by atoms with E-state index in [2.05, 4.69) is 9.97 Å². The molecule has 1 aromatic carbocycles. The first-order valence-corrected chi connectivity index (χ1v) is 5.95. The Morgan fingerprint density at radius 1 is 1.37 bits per heavy atom. The Kier molecular flexibility index (Phi) is 4.06. The zero-order chi connectivity index (χ0) is 13.8. The number of rotatable bonds is 3. The lowest BCUT2D eigenvalue weighted by molar-refractivity contribution is 0.0526. The molecule has 0 atom stereocenters. The molecule has 19 heavy (non-hydrogen) atoms. The van der Waals surface area contributed by atoms with E-state index in [1.807, 2.05) is 0 Å². The molecular formula is C13H10ClFN2O2. The van der Waals surface area contributed by atoms with E-state index in [1.54, 1.807) is 31.2 Å². The maximum absolute atomic E-state index is 13.6. The molecule has 0 bridgehead atoms. The molecule has 0 aliphatic carbocycles. The fraction of sp³-hybridized carbons (Fsp3) is 0.154. The van der Waals surface area contributed by atoms with Crippen molar-refractivity contribution in [3.63, 3.8) is 0 Å². The molecule has 0 unspecified atom stereocenters. The fourth-order valence-electron chi connectivity index (χ4n) is 1.53. The molecule has 0 fully saturated rings. The molecule has 0 amide bonds. The zero-order valence-corrected chi connectivity index (χ0v) is 10.8. The maximum atomic E-state index is 13.6. The van der Waals surface area contributed by atoms with Gasteiger partial charge in [0.1, 0.15) is 5.69 Å². The van der Waals surface area contributed by atoms with Crippen molar-refractivity contribution in [2.45, 2.75) is 6.92 Å². The summed E-state index contributed by atoms with van der Waals surface area (Å²) in [5.41, 5.74) is 0.997. The van der Waals surface area contributed by atoms with Crippen LogP contribution in [0.15, 0.2) is 30.5 Å². The third kappa shape index (κ3) is 3.06. The summed E-state index contributed by atoms with van der Waals surface area (Å²) in [6, 6.07) is 6.24. The van der Waals surface area contributed by atoms with Crippen molar-refractivity contribution in [2.24, 2.45) is 0 Å². The van der Waals surface area contributed by atoms with Crippen LogP contribution < -0.4 is 0 Å². The molecule has 2 rings (SSSR count). The van der Waals surface area contributed by atoms with Gasteiger partial charge in [-0.1, -0.05) is 12.1 Å². The fourth-order valence-corrected chi connectivity index (χ4v) is 1.66. The molecule has 6 heteroatoms. The first-order valence-electron chi connectivity index (χ1n) is 5.57. The number of hydrogen-bond donors (Lipinski definition) is 0. The molecule has 0 radical (unpaired) electrons. The van der Waals surface area contributed by atoms with E-state index in [0.29, 0.717) is 17.7 Å². The van der Waals surface area contributed by atoms with Crippen molar-refractivity contribution in [3.05, 3.63) is 47.1 Å². The Morgan fingerprint density at radius 2 is 2.05 bits per heavy atom. The number of ether oxygens (including phenoxy) is 1. The van der Waals surface area contributed by atoms with E-state index in [1.165, 1.54) is 0 Å². The number of halogens is 2. The molecule has 1 aromatic heterocycles. The summed E-state index contributed by atoms with van der Waals surface area (Å²) in [4.78, 5) is 18.8. The second-order valence-electron chi connectivity index (χ2n) is 3.63. The van der Waals surface area contributed by atoms with E-state index >= 15 is 0 Å². The van der Waals surface area contributed by atoms with Gasteiger partial charge >= 0.3 is 5.97 Å². The van der Waals surface area contributed by atoms with Crippen LogP contribution in [0.2, 0.25) is 5.28 Å². The Balaban J connectivity index is 2.32. The minimum Gasteiger partial charge on any atom is -0.462 e. The molecule has 98 valence electrons. The van der Waals surface area contributed by atoms with Gasteiger partial charge in [-0.3, -0.25) is 0 Å². The average molecular weight is 281 g/mol. The van der Waals surface area contributed by atoms with Crippen LogP contribution in [0, 0.1) is 5.82 Å². The molecule has 1 heterocycles. The van der Waals surface area contributed by atoms with Gasteiger partial charge in [-0.2, -0.15) is 0 Å². The molecule has 0 saturated carbocycles. The second kappa shape index (κ2) is 5.75. The normalized spacial score (nSPS) is 10.3. The summed E-state index contributed by atoms with van der Waals surface area (Å²) in [5.74, 6) is -0.997. The Labute approximate surface area is 114 Å². The highest BCUT2D eigenvalue weighted by atomic mass is 35.5. The predicted molar refractivity (Wildman–Crippen MR) is 68.4 cm³/mol. The monoisotopic (exact) mass is 280 g/mol. The molecule has 0 aliphatic rings. The molecule has 0 saturated heterocycles. The van der Waals surface area contributed by atoms with Gasteiger partial charge in [-0.25, -0.2) is 19.2 Å². The van der Waals surface area contributed by atoms with Gasteiger partial charge in [0.25, 0.3) is 0 Å². The van der Waals surface area contributed by atoms with Gasteiger partial charge in [-0.15, -0.1) is 0 Å². The second-order valence-corrected chi connectivity index (χ2v) is 3.97. The standard InChI is InChI=1S/C13H10ClFN2O2/c1-2-19-12(18)9-5-3-8(4-6-9)11-10(15)7-16-13(14)17-11/h3-7H,2H2,1H3. The quantitative estimate of drug-likeness (QED) is 0.640. The lowest BCUT2D eigenvalue weighted by Gasteiger charge is -2.04. The van der Waals surface area contributed by atoms with Crippen LogP contribution in [0.3, 0.4) is 0 Å². The predicted octanol–water partition coefficient (Wildman–Crippen LogP) is 3.11. The van der Waals surface area contributed by atoms with Gasteiger partial charge in [0.15, 0.2) is 5.82 Å². The minimum absolute atomic E-state index is 0.0362. The third-order valence-corrected chi connectivity index (χ3v) is 2.57. The van der Waals surface area contributed by atoms with Crippen LogP contribution in [0.5, 0.6) is 0 Å². The lowest BCUT2D eigenvalue weighted by atomic mass is 10.1. The van der Waals surface area contributed by atoms with E-state index < -0.39 is 11.8 Å². The van der Waals surface area contributed by atoms with Crippen molar-refractivity contribution in [2.75, 3.05) is 6.61 Å². The van der Waals surface area contributed by atoms with Gasteiger partial charge in [0.2, 0.25) is 5.28 Å². The topological polar surface area (TPSA) is 52.1 Å². The van der Waals surface area contributed by atoms with Crippen LogP contribution in [-0.2, 0) is 4.74 Å². The first kappa shape index (κ1) is 13.4. The Hall–Kier alpha value is -2.01. The first-order chi connectivity index (χ1) is 9.11. The number of benzene rings is 1. The smallest absolute Gasteiger partial charge is 0.338 e. The summed E-state index contributed by atoms with van der Waals surface area (Å²) in [7, 11) is 0. The summed E-state index contributed by atoms with van der Waals surface area (Å²) >= 11 is 5.63. The van der Waals surface area contributed by atoms with E-state index in [4.69, 9.17) is 16.3 Å². The van der Waals surface area contributed by atoms with Crippen molar-refractivity contribution >= 4 is 17.6 Å². The van der Waals surface area contributed by atoms with Gasteiger partial charge < -0.3 is 4.74 Å². The maximum Gasteiger partial charge on any atom is 0.338 e. The van der Waals surface area contributed by atoms with E-state index in [9.17, 15) is 9.18 Å². The molecule has 0 spiro atoms. The number of hydrogen-bond acceptors (Lipinski definition) is 4. The van der Waals surface area contributed by atoms with E-state index in [0.717, 1.165) is 6.20 Å². The highest BCUT2D eigenvalue weighted by Gasteiger charge is 2.11. The summed E-state index contributed by atoms with van der Waals surface area (Å²) in [5, 5.41) is -0.0362. The highest BCUT2D eigenvalue weighted by molar-refractivity contribution is 6.28. The highest BCUT2D eigenvalue weighted by Crippen LogP contribution is 2.21. The van der Waals surface area contributed by atoms with Crippen molar-refractivity contribution in [1.29, 1.82) is 0 Å². The summed E-state index contributed by atoms with van der Waals surface area (Å²) in [6.07, 6.45) is 1.00. The number of nitrogens with zero attached hydrogens (tertiary/aromatic N) is 2. The van der Waals surface area contributed by atoms with Crippen molar-refractivity contribution in [3.8, 4) is 11.3 Å². The summed E-state index contributed by atoms with van der Waals surface area (Å²) in [6.45, 7) is 2.03. The number of carbonyl (C=O) groups is 1. The molecule has 0 aliphatic heterocycles. The van der Waals surface area contributed by atoms with Crippen LogP contribution in [0.1, 0.15) is 17.3 Å². The third-order valence-electron chi connectivity index (χ3n) is 2.38. The Morgan fingerprint density at radius 3 is 2.68 bits per heavy atom. The van der Waals surface area contributed by atoms with Crippen LogP contribution >= 0.6 is 11.6 Å². The SMILES string of the molecule is CCOC(=O)c1ccc(-c2nc(Cl)ncc2F)cc1. The number of esters is 1. The van der Waals surface area contributed by atoms with Crippen molar-refractivity contribution in [1.82, 2.24) is 9.97 Å². The van der Waals surface area contributed by atoms with Crippen LogP contribution in [-0.4, -0.2) is 22.5 Å². The molecular weight excluding hydrogens is 271 g/mol. The van der Waals surface area contributed by atoms with E-state index in [-0.39, 0.29) is 11.0 Å².